The number of nitrogens with one attached hydrogen (secondary N) is 1. The Bertz CT molecular complexity index is 438. The summed E-state index contributed by atoms with van der Waals surface area (Å²) < 4.78 is 1.93. The lowest BCUT2D eigenvalue weighted by Crippen LogP contribution is -2.42. The Kier molecular flexibility index (Phi) is 4.88. The van der Waals surface area contributed by atoms with Gasteiger partial charge < -0.3 is 14.8 Å². The van der Waals surface area contributed by atoms with Crippen LogP contribution in [0.5, 0.6) is 0 Å². The SMILES string of the molecule is CCCN(C(=O)c1cc(Cl)cn1CC)C1CCNC1. The molecule has 0 aromatic carbocycles. The van der Waals surface area contributed by atoms with Crippen molar-refractivity contribution in [1.29, 1.82) is 0 Å². The first-order valence-electron chi connectivity index (χ1n) is 7.04. The highest BCUT2D eigenvalue weighted by Gasteiger charge is 2.28. The van der Waals surface area contributed by atoms with Crippen LogP contribution in [0.15, 0.2) is 12.3 Å². The van der Waals surface area contributed by atoms with Gasteiger partial charge in [0.05, 0.1) is 5.02 Å². The summed E-state index contributed by atoms with van der Waals surface area (Å²) in [7, 11) is 0. The Morgan fingerprint density at radius 1 is 1.58 bits per heavy atom. The monoisotopic (exact) mass is 283 g/mol. The average Bonchev–Trinajstić information content (AvgIpc) is 3.04. The molecule has 1 N–H and O–H groups in total. The molecule has 2 heterocycles. The minimum Gasteiger partial charge on any atom is -0.342 e. The van der Waals surface area contributed by atoms with E-state index in [9.17, 15) is 4.79 Å². The van der Waals surface area contributed by atoms with E-state index in [1.807, 2.05) is 22.6 Å². The van der Waals surface area contributed by atoms with E-state index in [0.717, 1.165) is 39.0 Å². The van der Waals surface area contributed by atoms with Gasteiger partial charge in [0.25, 0.3) is 5.91 Å². The Morgan fingerprint density at radius 2 is 2.37 bits per heavy atom. The summed E-state index contributed by atoms with van der Waals surface area (Å²) in [5.41, 5.74) is 0.702. The van der Waals surface area contributed by atoms with Crippen LogP contribution in [0.4, 0.5) is 0 Å². The zero-order valence-electron chi connectivity index (χ0n) is 11.7. The van der Waals surface area contributed by atoms with Gasteiger partial charge in [-0.1, -0.05) is 18.5 Å². The van der Waals surface area contributed by atoms with Crippen molar-refractivity contribution in [3.63, 3.8) is 0 Å². The van der Waals surface area contributed by atoms with Gasteiger partial charge in [0.2, 0.25) is 0 Å². The number of aromatic nitrogens is 1. The first-order valence-corrected chi connectivity index (χ1v) is 7.42. The van der Waals surface area contributed by atoms with Crippen molar-refractivity contribution >= 4 is 17.5 Å². The maximum absolute atomic E-state index is 12.7. The molecule has 0 saturated carbocycles. The molecule has 106 valence electrons. The molecule has 0 radical (unpaired) electrons. The zero-order valence-corrected chi connectivity index (χ0v) is 12.4. The number of halogens is 1. The molecule has 2 rings (SSSR count). The normalized spacial score (nSPS) is 18.8. The van der Waals surface area contributed by atoms with Crippen LogP contribution in [0, 0.1) is 0 Å². The van der Waals surface area contributed by atoms with E-state index >= 15 is 0 Å². The van der Waals surface area contributed by atoms with Crippen molar-refractivity contribution in [2.24, 2.45) is 0 Å². The highest BCUT2D eigenvalue weighted by molar-refractivity contribution is 6.31. The standard InChI is InChI=1S/C14H22ClN3O/c1-3-7-18(12-5-6-16-9-12)14(19)13-8-11(15)10-17(13)4-2/h8,10,12,16H,3-7,9H2,1-2H3. The summed E-state index contributed by atoms with van der Waals surface area (Å²) in [6.07, 6.45) is 3.83. The largest absolute Gasteiger partial charge is 0.342 e. The molecular formula is C14H22ClN3O. The molecule has 1 aliphatic rings. The van der Waals surface area contributed by atoms with E-state index in [0.29, 0.717) is 16.8 Å². The summed E-state index contributed by atoms with van der Waals surface area (Å²) in [6.45, 7) is 7.58. The number of hydrogen-bond donors (Lipinski definition) is 1. The molecule has 19 heavy (non-hydrogen) atoms. The van der Waals surface area contributed by atoms with Crippen molar-refractivity contribution in [2.75, 3.05) is 19.6 Å². The highest BCUT2D eigenvalue weighted by atomic mass is 35.5. The molecule has 1 aromatic rings. The second-order valence-corrected chi connectivity index (χ2v) is 5.41. The molecule has 1 aliphatic heterocycles. The fraction of sp³-hybridized carbons (Fsp3) is 0.643. The lowest BCUT2D eigenvalue weighted by atomic mass is 10.2. The van der Waals surface area contributed by atoms with Gasteiger partial charge in [-0.05, 0) is 32.4 Å². The molecule has 0 spiro atoms. The smallest absolute Gasteiger partial charge is 0.270 e. The van der Waals surface area contributed by atoms with Gasteiger partial charge in [-0.15, -0.1) is 0 Å². The summed E-state index contributed by atoms with van der Waals surface area (Å²) >= 11 is 6.03. The topological polar surface area (TPSA) is 37.3 Å². The van der Waals surface area contributed by atoms with Crippen molar-refractivity contribution in [3.05, 3.63) is 23.0 Å². The third kappa shape index (κ3) is 3.12. The quantitative estimate of drug-likeness (QED) is 0.901. The lowest BCUT2D eigenvalue weighted by molar-refractivity contribution is 0.0681. The van der Waals surface area contributed by atoms with Gasteiger partial charge in [-0.3, -0.25) is 4.79 Å². The third-order valence-corrected chi connectivity index (χ3v) is 3.83. The van der Waals surface area contributed by atoms with Crippen LogP contribution < -0.4 is 5.32 Å². The van der Waals surface area contributed by atoms with Gasteiger partial charge >= 0.3 is 0 Å². The highest BCUT2D eigenvalue weighted by Crippen LogP contribution is 2.19. The Morgan fingerprint density at radius 3 is 2.95 bits per heavy atom. The Labute approximate surface area is 119 Å². The van der Waals surface area contributed by atoms with Crippen LogP contribution in [-0.4, -0.2) is 41.1 Å². The van der Waals surface area contributed by atoms with Crippen LogP contribution in [-0.2, 0) is 6.54 Å². The van der Waals surface area contributed by atoms with Crippen molar-refractivity contribution < 1.29 is 4.79 Å². The van der Waals surface area contributed by atoms with Crippen LogP contribution in [0.3, 0.4) is 0 Å². The number of carbonyl (C=O) groups is 1. The first kappa shape index (κ1) is 14.4. The molecule has 1 amide bonds. The molecule has 0 bridgehead atoms. The summed E-state index contributed by atoms with van der Waals surface area (Å²) in [4.78, 5) is 14.7. The molecule has 4 nitrogen and oxygen atoms in total. The van der Waals surface area contributed by atoms with E-state index in [1.54, 1.807) is 6.07 Å². The van der Waals surface area contributed by atoms with Crippen LogP contribution in [0.1, 0.15) is 37.2 Å². The molecular weight excluding hydrogens is 262 g/mol. The lowest BCUT2D eigenvalue weighted by Gasteiger charge is -2.28. The van der Waals surface area contributed by atoms with Gasteiger partial charge in [0.1, 0.15) is 5.69 Å². The van der Waals surface area contributed by atoms with Crippen molar-refractivity contribution in [3.8, 4) is 0 Å². The molecule has 1 unspecified atom stereocenters. The predicted octanol–water partition coefficient (Wildman–Crippen LogP) is 2.38. The van der Waals surface area contributed by atoms with Crippen LogP contribution in [0.25, 0.3) is 0 Å². The van der Waals surface area contributed by atoms with Gasteiger partial charge in [0.15, 0.2) is 0 Å². The number of nitrogens with zero attached hydrogens (tertiary/aromatic N) is 2. The van der Waals surface area contributed by atoms with Crippen molar-refractivity contribution in [2.45, 2.75) is 39.3 Å². The fourth-order valence-electron chi connectivity index (χ4n) is 2.66. The van der Waals surface area contributed by atoms with E-state index in [1.165, 1.54) is 0 Å². The first-order chi connectivity index (χ1) is 9.17. The van der Waals surface area contributed by atoms with Crippen LogP contribution in [0.2, 0.25) is 5.02 Å². The fourth-order valence-corrected chi connectivity index (χ4v) is 2.88. The molecule has 0 aliphatic carbocycles. The number of carbonyl (C=O) groups excluding carboxylic acids is 1. The Balaban J connectivity index is 2.22. The molecule has 1 saturated heterocycles. The number of amides is 1. The second-order valence-electron chi connectivity index (χ2n) is 4.97. The molecule has 1 fully saturated rings. The van der Waals surface area contributed by atoms with E-state index in [-0.39, 0.29) is 5.91 Å². The van der Waals surface area contributed by atoms with Crippen molar-refractivity contribution in [1.82, 2.24) is 14.8 Å². The van der Waals surface area contributed by atoms with Gasteiger partial charge in [-0.2, -0.15) is 0 Å². The molecule has 5 heteroatoms. The average molecular weight is 284 g/mol. The maximum atomic E-state index is 12.7. The second kappa shape index (κ2) is 6.44. The van der Waals surface area contributed by atoms with Gasteiger partial charge in [-0.25, -0.2) is 0 Å². The number of hydrogen-bond acceptors (Lipinski definition) is 2. The minimum absolute atomic E-state index is 0.101. The van der Waals surface area contributed by atoms with Crippen LogP contribution >= 0.6 is 11.6 Å². The summed E-state index contributed by atoms with van der Waals surface area (Å²) in [5.74, 6) is 0.101. The molecule has 1 aromatic heterocycles. The summed E-state index contributed by atoms with van der Waals surface area (Å²) in [5, 5.41) is 3.96. The number of aryl methyl sites for hydroxylation is 1. The third-order valence-electron chi connectivity index (χ3n) is 3.62. The van der Waals surface area contributed by atoms with E-state index in [2.05, 4.69) is 12.2 Å². The number of rotatable bonds is 5. The minimum atomic E-state index is 0.101. The summed E-state index contributed by atoms with van der Waals surface area (Å²) in [6, 6.07) is 2.09. The van der Waals surface area contributed by atoms with E-state index in [4.69, 9.17) is 11.6 Å². The maximum Gasteiger partial charge on any atom is 0.270 e. The predicted molar refractivity (Wildman–Crippen MR) is 77.7 cm³/mol. The van der Waals surface area contributed by atoms with E-state index < -0.39 is 0 Å². The Hall–Kier alpha value is -1.00. The van der Waals surface area contributed by atoms with Gasteiger partial charge in [0, 0.05) is 31.9 Å². The molecule has 1 atom stereocenters. The zero-order chi connectivity index (χ0) is 13.8.